The molecule has 19 heavy (non-hydrogen) atoms. The smallest absolute Gasteiger partial charge is 0.338 e. The molecule has 5 heteroatoms. The quantitative estimate of drug-likeness (QED) is 0.877. The van der Waals surface area contributed by atoms with E-state index >= 15 is 0 Å². The summed E-state index contributed by atoms with van der Waals surface area (Å²) in [6, 6.07) is 8.03. The maximum atomic E-state index is 10.9. The van der Waals surface area contributed by atoms with Crippen molar-refractivity contribution in [2.75, 3.05) is 13.1 Å². The lowest BCUT2D eigenvalue weighted by Gasteiger charge is -2.14. The molecule has 0 spiro atoms. The minimum atomic E-state index is -0.953. The highest BCUT2D eigenvalue weighted by Gasteiger charge is 2.20. The number of hydrogen-bond acceptors (Lipinski definition) is 3. The third-order valence-electron chi connectivity index (χ3n) is 3.51. The highest BCUT2D eigenvalue weighted by molar-refractivity contribution is 5.87. The Morgan fingerprint density at radius 3 is 2.95 bits per heavy atom. The van der Waals surface area contributed by atoms with Gasteiger partial charge in [0.2, 0.25) is 0 Å². The molecule has 1 fully saturated rings. The zero-order valence-electron chi connectivity index (χ0n) is 10.4. The summed E-state index contributed by atoms with van der Waals surface area (Å²) in [5.41, 5.74) is 2.38. The van der Waals surface area contributed by atoms with Crippen LogP contribution in [0.5, 0.6) is 0 Å². The fourth-order valence-electron chi connectivity index (χ4n) is 2.53. The standard InChI is InChI=1S/C14H15N3O2/c18-14(19)11-8-16-17(9-11)13-4-2-1-3-12(13)10-5-6-15-7-10/h1-4,8-10,15H,5-7H2,(H,18,19). The molecule has 0 radical (unpaired) electrons. The van der Waals surface area contributed by atoms with Gasteiger partial charge in [0.25, 0.3) is 0 Å². The number of carbonyl (C=O) groups is 1. The van der Waals surface area contributed by atoms with Crippen LogP contribution in [0, 0.1) is 0 Å². The number of nitrogens with one attached hydrogen (secondary N) is 1. The molecule has 1 saturated heterocycles. The molecule has 0 bridgehead atoms. The highest BCUT2D eigenvalue weighted by Crippen LogP contribution is 2.27. The average Bonchev–Trinajstić information content (AvgIpc) is 3.10. The summed E-state index contributed by atoms with van der Waals surface area (Å²) in [7, 11) is 0. The predicted molar refractivity (Wildman–Crippen MR) is 70.8 cm³/mol. The van der Waals surface area contributed by atoms with Crippen molar-refractivity contribution in [3.05, 3.63) is 47.8 Å². The van der Waals surface area contributed by atoms with Gasteiger partial charge in [0.05, 0.1) is 17.4 Å². The molecule has 5 nitrogen and oxygen atoms in total. The second-order valence-corrected chi connectivity index (χ2v) is 4.73. The zero-order chi connectivity index (χ0) is 13.2. The number of carboxylic acid groups (broad SMARTS) is 1. The normalized spacial score (nSPS) is 18.6. The molecule has 2 aromatic rings. The Hall–Kier alpha value is -2.14. The Kier molecular flexibility index (Phi) is 3.05. The fraction of sp³-hybridized carbons (Fsp3) is 0.286. The summed E-state index contributed by atoms with van der Waals surface area (Å²) in [6.07, 6.45) is 4.04. The minimum absolute atomic E-state index is 0.208. The lowest BCUT2D eigenvalue weighted by Crippen LogP contribution is -2.10. The van der Waals surface area contributed by atoms with E-state index in [9.17, 15) is 4.79 Å². The van der Waals surface area contributed by atoms with E-state index in [-0.39, 0.29) is 5.56 Å². The molecule has 1 unspecified atom stereocenters. The first-order valence-corrected chi connectivity index (χ1v) is 6.33. The third kappa shape index (κ3) is 2.24. The van der Waals surface area contributed by atoms with Gasteiger partial charge in [-0.3, -0.25) is 0 Å². The number of nitrogens with zero attached hydrogens (tertiary/aromatic N) is 2. The Balaban J connectivity index is 2.01. The molecule has 3 rings (SSSR count). The van der Waals surface area contributed by atoms with Crippen LogP contribution in [0.25, 0.3) is 5.69 Å². The van der Waals surface area contributed by atoms with Crippen LogP contribution >= 0.6 is 0 Å². The highest BCUT2D eigenvalue weighted by atomic mass is 16.4. The molecule has 2 N–H and O–H groups in total. The summed E-state index contributed by atoms with van der Waals surface area (Å²) < 4.78 is 1.65. The van der Waals surface area contributed by atoms with Crippen molar-refractivity contribution in [1.29, 1.82) is 0 Å². The third-order valence-corrected chi connectivity index (χ3v) is 3.51. The molecular weight excluding hydrogens is 242 g/mol. The van der Waals surface area contributed by atoms with Gasteiger partial charge in [-0.15, -0.1) is 0 Å². The van der Waals surface area contributed by atoms with Crippen molar-refractivity contribution in [3.8, 4) is 5.69 Å². The van der Waals surface area contributed by atoms with Gasteiger partial charge in [-0.2, -0.15) is 5.10 Å². The first kappa shape index (κ1) is 11.9. The summed E-state index contributed by atoms with van der Waals surface area (Å²) in [5.74, 6) is -0.486. The van der Waals surface area contributed by atoms with Crippen LogP contribution in [-0.4, -0.2) is 33.9 Å². The first-order valence-electron chi connectivity index (χ1n) is 6.33. The van der Waals surface area contributed by atoms with Crippen molar-refractivity contribution >= 4 is 5.97 Å². The molecule has 1 atom stereocenters. The summed E-state index contributed by atoms with van der Waals surface area (Å²) in [5, 5.41) is 16.5. The molecule has 1 aromatic heterocycles. The van der Waals surface area contributed by atoms with Crippen molar-refractivity contribution < 1.29 is 9.90 Å². The lowest BCUT2D eigenvalue weighted by atomic mass is 9.96. The van der Waals surface area contributed by atoms with E-state index in [0.717, 1.165) is 25.2 Å². The zero-order valence-corrected chi connectivity index (χ0v) is 10.4. The molecule has 0 amide bonds. The van der Waals surface area contributed by atoms with Crippen LogP contribution in [0.1, 0.15) is 28.3 Å². The van der Waals surface area contributed by atoms with Crippen LogP contribution in [0.2, 0.25) is 0 Å². The number of carboxylic acids is 1. The average molecular weight is 257 g/mol. The molecule has 1 aromatic carbocycles. The van der Waals surface area contributed by atoms with E-state index in [1.165, 1.54) is 11.8 Å². The summed E-state index contributed by atoms with van der Waals surface area (Å²) in [4.78, 5) is 10.9. The van der Waals surface area contributed by atoms with E-state index in [4.69, 9.17) is 5.11 Å². The Morgan fingerprint density at radius 2 is 2.26 bits per heavy atom. The van der Waals surface area contributed by atoms with E-state index in [1.807, 2.05) is 18.2 Å². The van der Waals surface area contributed by atoms with Crippen LogP contribution in [0.15, 0.2) is 36.7 Å². The number of para-hydroxylation sites is 1. The van der Waals surface area contributed by atoms with Crippen LogP contribution in [-0.2, 0) is 0 Å². The first-order chi connectivity index (χ1) is 9.25. The summed E-state index contributed by atoms with van der Waals surface area (Å²) >= 11 is 0. The van der Waals surface area contributed by atoms with Gasteiger partial charge in [-0.25, -0.2) is 9.48 Å². The van der Waals surface area contributed by atoms with Crippen molar-refractivity contribution in [3.63, 3.8) is 0 Å². The lowest BCUT2D eigenvalue weighted by molar-refractivity contribution is 0.0697. The second kappa shape index (κ2) is 4.85. The molecule has 1 aliphatic heterocycles. The van der Waals surface area contributed by atoms with Gasteiger partial charge in [0.1, 0.15) is 0 Å². The Labute approximate surface area is 110 Å². The van der Waals surface area contributed by atoms with Crippen LogP contribution < -0.4 is 5.32 Å². The van der Waals surface area contributed by atoms with Gasteiger partial charge in [0.15, 0.2) is 0 Å². The maximum absolute atomic E-state index is 10.9. The predicted octanol–water partition coefficient (Wildman–Crippen LogP) is 1.65. The second-order valence-electron chi connectivity index (χ2n) is 4.73. The monoisotopic (exact) mass is 257 g/mol. The van der Waals surface area contributed by atoms with Crippen LogP contribution in [0.4, 0.5) is 0 Å². The SMILES string of the molecule is O=C(O)c1cnn(-c2ccccc2C2CCNC2)c1. The molecular formula is C14H15N3O2. The number of aromatic nitrogens is 2. The molecule has 2 heterocycles. The molecule has 0 saturated carbocycles. The molecule has 0 aliphatic carbocycles. The van der Waals surface area contributed by atoms with Gasteiger partial charge in [0, 0.05) is 12.7 Å². The number of benzene rings is 1. The van der Waals surface area contributed by atoms with Gasteiger partial charge in [-0.1, -0.05) is 18.2 Å². The number of rotatable bonds is 3. The number of hydrogen-bond donors (Lipinski definition) is 2. The van der Waals surface area contributed by atoms with E-state index in [0.29, 0.717) is 5.92 Å². The fourth-order valence-corrected chi connectivity index (χ4v) is 2.53. The molecule has 1 aliphatic rings. The van der Waals surface area contributed by atoms with E-state index in [1.54, 1.807) is 10.9 Å². The van der Waals surface area contributed by atoms with Crippen molar-refractivity contribution in [2.24, 2.45) is 0 Å². The van der Waals surface area contributed by atoms with E-state index < -0.39 is 5.97 Å². The Morgan fingerprint density at radius 1 is 1.42 bits per heavy atom. The van der Waals surface area contributed by atoms with Gasteiger partial charge in [-0.05, 0) is 30.5 Å². The topological polar surface area (TPSA) is 67.1 Å². The minimum Gasteiger partial charge on any atom is -0.478 e. The van der Waals surface area contributed by atoms with Crippen molar-refractivity contribution in [2.45, 2.75) is 12.3 Å². The van der Waals surface area contributed by atoms with Crippen molar-refractivity contribution in [1.82, 2.24) is 15.1 Å². The Bertz CT molecular complexity index is 600. The van der Waals surface area contributed by atoms with Gasteiger partial charge < -0.3 is 10.4 Å². The largest absolute Gasteiger partial charge is 0.478 e. The maximum Gasteiger partial charge on any atom is 0.338 e. The van der Waals surface area contributed by atoms with Crippen LogP contribution in [0.3, 0.4) is 0 Å². The number of aromatic carboxylic acids is 1. The van der Waals surface area contributed by atoms with Gasteiger partial charge >= 0.3 is 5.97 Å². The summed E-state index contributed by atoms with van der Waals surface area (Å²) in [6.45, 7) is 1.99. The van der Waals surface area contributed by atoms with E-state index in [2.05, 4.69) is 16.5 Å². The molecule has 98 valence electrons.